The van der Waals surface area contributed by atoms with Crippen molar-refractivity contribution in [1.82, 2.24) is 4.98 Å². The number of thiazole rings is 1. The van der Waals surface area contributed by atoms with Crippen molar-refractivity contribution in [2.45, 2.75) is 6.92 Å². The maximum atomic E-state index is 12.0. The van der Waals surface area contributed by atoms with Gasteiger partial charge in [-0.2, -0.15) is 0 Å². The number of hydrogen-bond donors (Lipinski definition) is 1. The molecule has 6 heteroatoms. The van der Waals surface area contributed by atoms with Crippen LogP contribution in [-0.4, -0.2) is 10.9 Å². The third-order valence-corrected chi connectivity index (χ3v) is 3.48. The van der Waals surface area contributed by atoms with Gasteiger partial charge < -0.3 is 4.42 Å². The van der Waals surface area contributed by atoms with E-state index < -0.39 is 11.5 Å². The zero-order valence-electron chi connectivity index (χ0n) is 10.5. The fraction of sp³-hybridized carbons (Fsp3) is 0.0714. The van der Waals surface area contributed by atoms with E-state index in [-0.39, 0.29) is 5.76 Å². The zero-order valence-corrected chi connectivity index (χ0v) is 11.4. The highest BCUT2D eigenvalue weighted by atomic mass is 32.1. The molecule has 1 amide bonds. The summed E-state index contributed by atoms with van der Waals surface area (Å²) in [6, 6.07) is 6.97. The number of aryl methyl sites for hydroxylation is 1. The molecule has 0 bridgehead atoms. The van der Waals surface area contributed by atoms with Gasteiger partial charge in [0.15, 0.2) is 10.9 Å². The third-order valence-electron chi connectivity index (χ3n) is 2.79. The minimum Gasteiger partial charge on any atom is -0.417 e. The first-order chi connectivity index (χ1) is 9.63. The van der Waals surface area contributed by atoms with Gasteiger partial charge in [-0.1, -0.05) is 17.7 Å². The van der Waals surface area contributed by atoms with Crippen LogP contribution in [0.4, 0.5) is 5.13 Å². The molecule has 0 aliphatic rings. The van der Waals surface area contributed by atoms with Crippen molar-refractivity contribution in [3.05, 3.63) is 57.6 Å². The Bertz CT molecular complexity index is 837. The SMILES string of the molecule is Cc1ccc2cc(C(=O)Nc3nccs3)oc(=O)c2c1. The third kappa shape index (κ3) is 2.33. The summed E-state index contributed by atoms with van der Waals surface area (Å²) >= 11 is 1.29. The van der Waals surface area contributed by atoms with Gasteiger partial charge in [0.2, 0.25) is 0 Å². The highest BCUT2D eigenvalue weighted by Gasteiger charge is 2.13. The van der Waals surface area contributed by atoms with Crippen molar-refractivity contribution in [3.63, 3.8) is 0 Å². The highest BCUT2D eigenvalue weighted by Crippen LogP contribution is 2.16. The molecule has 100 valence electrons. The second-order valence-electron chi connectivity index (χ2n) is 4.28. The summed E-state index contributed by atoms with van der Waals surface area (Å²) in [6.07, 6.45) is 1.58. The van der Waals surface area contributed by atoms with Gasteiger partial charge in [0.1, 0.15) is 0 Å². The summed E-state index contributed by atoms with van der Waals surface area (Å²) in [5.74, 6) is -0.513. The molecule has 2 heterocycles. The molecular formula is C14H10N2O3S. The number of rotatable bonds is 2. The monoisotopic (exact) mass is 286 g/mol. The van der Waals surface area contributed by atoms with Crippen LogP contribution in [0.5, 0.6) is 0 Å². The quantitative estimate of drug-likeness (QED) is 0.786. The second-order valence-corrected chi connectivity index (χ2v) is 5.17. The van der Waals surface area contributed by atoms with Crippen molar-refractivity contribution >= 4 is 33.1 Å². The Morgan fingerprint density at radius 2 is 2.20 bits per heavy atom. The Labute approximate surface area is 117 Å². The molecule has 0 radical (unpaired) electrons. The maximum Gasteiger partial charge on any atom is 0.344 e. The standard InChI is InChI=1S/C14H10N2O3S/c1-8-2-3-9-7-11(19-13(18)10(9)6-8)12(17)16-14-15-4-5-20-14/h2-7H,1H3,(H,15,16,17). The Morgan fingerprint density at radius 1 is 1.35 bits per heavy atom. The van der Waals surface area contributed by atoms with E-state index in [1.54, 1.807) is 29.8 Å². The molecule has 0 unspecified atom stereocenters. The lowest BCUT2D eigenvalue weighted by atomic mass is 10.1. The lowest BCUT2D eigenvalue weighted by Crippen LogP contribution is -2.14. The van der Waals surface area contributed by atoms with Crippen LogP contribution in [0, 0.1) is 6.92 Å². The predicted octanol–water partition coefficient (Wildman–Crippen LogP) is 2.81. The number of anilines is 1. The van der Waals surface area contributed by atoms with Crippen LogP contribution in [0.2, 0.25) is 0 Å². The van der Waals surface area contributed by atoms with Gasteiger partial charge in [0.25, 0.3) is 5.91 Å². The van der Waals surface area contributed by atoms with Crippen molar-refractivity contribution in [1.29, 1.82) is 0 Å². The second kappa shape index (κ2) is 4.90. The normalized spacial score (nSPS) is 10.7. The van der Waals surface area contributed by atoms with Gasteiger partial charge >= 0.3 is 5.63 Å². The van der Waals surface area contributed by atoms with Crippen LogP contribution in [-0.2, 0) is 0 Å². The lowest BCUT2D eigenvalue weighted by molar-refractivity contribution is 0.0993. The molecule has 0 saturated carbocycles. The topological polar surface area (TPSA) is 72.2 Å². The molecule has 0 fully saturated rings. The number of hydrogen-bond acceptors (Lipinski definition) is 5. The smallest absolute Gasteiger partial charge is 0.344 e. The largest absolute Gasteiger partial charge is 0.417 e. The molecule has 0 saturated heterocycles. The molecule has 3 rings (SSSR count). The first-order valence-electron chi connectivity index (χ1n) is 5.89. The summed E-state index contributed by atoms with van der Waals surface area (Å²) in [7, 11) is 0. The van der Waals surface area contributed by atoms with Gasteiger partial charge in [-0.05, 0) is 24.4 Å². The Balaban J connectivity index is 2.02. The molecule has 20 heavy (non-hydrogen) atoms. The number of fused-ring (bicyclic) bond motifs is 1. The highest BCUT2D eigenvalue weighted by molar-refractivity contribution is 7.13. The van der Waals surface area contributed by atoms with Crippen LogP contribution in [0.15, 0.2) is 45.1 Å². The minimum atomic E-state index is -0.518. The van der Waals surface area contributed by atoms with E-state index >= 15 is 0 Å². The van der Waals surface area contributed by atoms with E-state index in [1.807, 2.05) is 13.0 Å². The van der Waals surface area contributed by atoms with Gasteiger partial charge in [-0.15, -0.1) is 11.3 Å². The van der Waals surface area contributed by atoms with Crippen LogP contribution in [0.3, 0.4) is 0 Å². The van der Waals surface area contributed by atoms with Gasteiger partial charge in [-0.3, -0.25) is 10.1 Å². The van der Waals surface area contributed by atoms with Gasteiger partial charge in [0.05, 0.1) is 5.39 Å². The van der Waals surface area contributed by atoms with Crippen molar-refractivity contribution in [3.8, 4) is 0 Å². The Morgan fingerprint density at radius 3 is 2.95 bits per heavy atom. The van der Waals surface area contributed by atoms with E-state index in [9.17, 15) is 9.59 Å². The number of carbonyl (C=O) groups excluding carboxylic acids is 1. The van der Waals surface area contributed by atoms with Crippen LogP contribution < -0.4 is 10.9 Å². The summed E-state index contributed by atoms with van der Waals surface area (Å²) in [6.45, 7) is 1.89. The minimum absolute atomic E-state index is 0.0263. The number of nitrogens with one attached hydrogen (secondary N) is 1. The first-order valence-corrected chi connectivity index (χ1v) is 6.77. The fourth-order valence-electron chi connectivity index (χ4n) is 1.85. The summed E-state index contributed by atoms with van der Waals surface area (Å²) < 4.78 is 5.07. The van der Waals surface area contributed by atoms with Crippen molar-refractivity contribution < 1.29 is 9.21 Å². The molecule has 0 spiro atoms. The Kier molecular flexibility index (Phi) is 3.08. The van der Waals surface area contributed by atoms with Gasteiger partial charge in [0, 0.05) is 11.6 Å². The van der Waals surface area contributed by atoms with E-state index in [4.69, 9.17) is 4.42 Å². The first kappa shape index (κ1) is 12.6. The molecule has 1 aromatic carbocycles. The number of benzene rings is 1. The van der Waals surface area contributed by atoms with Gasteiger partial charge in [-0.25, -0.2) is 9.78 Å². The number of nitrogens with zero attached hydrogens (tertiary/aromatic N) is 1. The molecule has 3 aromatic rings. The summed E-state index contributed by atoms with van der Waals surface area (Å²) in [4.78, 5) is 27.8. The molecule has 2 aromatic heterocycles. The Hall–Kier alpha value is -2.47. The maximum absolute atomic E-state index is 12.0. The van der Waals surface area contributed by atoms with E-state index in [0.717, 1.165) is 5.56 Å². The number of carbonyl (C=O) groups is 1. The molecule has 0 atom stereocenters. The van der Waals surface area contributed by atoms with Crippen molar-refractivity contribution in [2.75, 3.05) is 5.32 Å². The van der Waals surface area contributed by atoms with E-state index in [0.29, 0.717) is 15.9 Å². The zero-order chi connectivity index (χ0) is 14.1. The average molecular weight is 286 g/mol. The van der Waals surface area contributed by atoms with Crippen molar-refractivity contribution in [2.24, 2.45) is 0 Å². The van der Waals surface area contributed by atoms with Crippen LogP contribution >= 0.6 is 11.3 Å². The molecule has 1 N–H and O–H groups in total. The lowest BCUT2D eigenvalue weighted by Gasteiger charge is -2.03. The molecule has 0 aliphatic carbocycles. The number of aromatic nitrogens is 1. The van der Waals surface area contributed by atoms with Crippen LogP contribution in [0.1, 0.15) is 16.1 Å². The predicted molar refractivity (Wildman–Crippen MR) is 77.3 cm³/mol. The fourth-order valence-corrected chi connectivity index (χ4v) is 2.38. The summed E-state index contributed by atoms with van der Waals surface area (Å²) in [5, 5.41) is 5.93. The average Bonchev–Trinajstić information content (AvgIpc) is 2.92. The molecule has 0 aliphatic heterocycles. The number of amides is 1. The summed E-state index contributed by atoms with van der Waals surface area (Å²) in [5.41, 5.74) is 0.445. The molecule has 5 nitrogen and oxygen atoms in total. The van der Waals surface area contributed by atoms with E-state index in [2.05, 4.69) is 10.3 Å². The van der Waals surface area contributed by atoms with Crippen LogP contribution in [0.25, 0.3) is 10.8 Å². The van der Waals surface area contributed by atoms with E-state index in [1.165, 1.54) is 11.3 Å². The molecular weight excluding hydrogens is 276 g/mol.